The molecule has 0 spiro atoms. The summed E-state index contributed by atoms with van der Waals surface area (Å²) in [5, 5.41) is 0. The quantitative estimate of drug-likeness (QED) is 0.886. The zero-order chi connectivity index (χ0) is 15.2. The molecule has 2 atom stereocenters. The molecule has 0 bridgehead atoms. The van der Waals surface area contributed by atoms with E-state index >= 15 is 0 Å². The lowest BCUT2D eigenvalue weighted by molar-refractivity contribution is 0.183. The molecule has 4 nitrogen and oxygen atoms in total. The summed E-state index contributed by atoms with van der Waals surface area (Å²) in [5.41, 5.74) is 7.26. The molecule has 2 N–H and O–H groups in total. The fourth-order valence-electron chi connectivity index (χ4n) is 2.09. The summed E-state index contributed by atoms with van der Waals surface area (Å²) in [6.45, 7) is 1.95. The first-order valence-corrected chi connectivity index (χ1v) is 6.85. The number of nitrogens with two attached hydrogens (primary N) is 1. The number of ether oxygens (including phenoxy) is 3. The van der Waals surface area contributed by atoms with Gasteiger partial charge in [0.2, 0.25) is 0 Å². The number of benzene rings is 2. The molecular formula is C17H21NO3. The molecule has 21 heavy (non-hydrogen) atoms. The zero-order valence-electron chi connectivity index (χ0n) is 12.6. The SMILES string of the molecule is COc1ccc(C(N)C(C)Oc2ccccc2OC)cc1. The predicted molar refractivity (Wildman–Crippen MR) is 83.0 cm³/mol. The smallest absolute Gasteiger partial charge is 0.161 e. The Labute approximate surface area is 125 Å². The number of rotatable bonds is 6. The minimum atomic E-state index is -0.235. The molecule has 0 saturated heterocycles. The van der Waals surface area contributed by atoms with Crippen LogP contribution in [0.3, 0.4) is 0 Å². The van der Waals surface area contributed by atoms with Gasteiger partial charge in [-0.25, -0.2) is 0 Å². The highest BCUT2D eigenvalue weighted by Crippen LogP contribution is 2.29. The van der Waals surface area contributed by atoms with Gasteiger partial charge in [0.05, 0.1) is 20.3 Å². The zero-order valence-corrected chi connectivity index (χ0v) is 12.6. The van der Waals surface area contributed by atoms with E-state index in [2.05, 4.69) is 0 Å². The van der Waals surface area contributed by atoms with Crippen molar-refractivity contribution in [2.24, 2.45) is 5.73 Å². The van der Waals surface area contributed by atoms with Crippen molar-refractivity contribution in [3.63, 3.8) is 0 Å². The third-order valence-corrected chi connectivity index (χ3v) is 3.39. The second kappa shape index (κ2) is 6.99. The first-order valence-electron chi connectivity index (χ1n) is 6.85. The topological polar surface area (TPSA) is 53.7 Å². The van der Waals surface area contributed by atoms with Crippen LogP contribution in [0.25, 0.3) is 0 Å². The van der Waals surface area contributed by atoms with E-state index < -0.39 is 0 Å². The summed E-state index contributed by atoms with van der Waals surface area (Å²) in [4.78, 5) is 0. The Morgan fingerprint density at radius 1 is 0.857 bits per heavy atom. The average Bonchev–Trinajstić information content (AvgIpc) is 2.54. The summed E-state index contributed by atoms with van der Waals surface area (Å²) in [6, 6.07) is 15.0. The minimum Gasteiger partial charge on any atom is -0.497 e. The Morgan fingerprint density at radius 3 is 2.05 bits per heavy atom. The molecular weight excluding hydrogens is 266 g/mol. The predicted octanol–water partition coefficient (Wildman–Crippen LogP) is 3.17. The van der Waals surface area contributed by atoms with E-state index in [1.54, 1.807) is 14.2 Å². The third kappa shape index (κ3) is 3.67. The molecule has 2 rings (SSSR count). The molecule has 0 radical (unpaired) electrons. The molecule has 0 fully saturated rings. The maximum absolute atomic E-state index is 6.26. The molecule has 2 aromatic carbocycles. The van der Waals surface area contributed by atoms with E-state index in [1.807, 2.05) is 55.5 Å². The minimum absolute atomic E-state index is 0.185. The van der Waals surface area contributed by atoms with Crippen molar-refractivity contribution < 1.29 is 14.2 Å². The van der Waals surface area contributed by atoms with Crippen LogP contribution in [0.15, 0.2) is 48.5 Å². The van der Waals surface area contributed by atoms with E-state index in [4.69, 9.17) is 19.9 Å². The first kappa shape index (κ1) is 15.2. The molecule has 0 aromatic heterocycles. The number of hydrogen-bond acceptors (Lipinski definition) is 4. The molecule has 0 aliphatic heterocycles. The van der Waals surface area contributed by atoms with Crippen molar-refractivity contribution in [1.29, 1.82) is 0 Å². The normalized spacial score (nSPS) is 13.3. The van der Waals surface area contributed by atoms with Crippen molar-refractivity contribution in [2.75, 3.05) is 14.2 Å². The Balaban J connectivity index is 2.09. The monoisotopic (exact) mass is 287 g/mol. The molecule has 4 heteroatoms. The Hall–Kier alpha value is -2.20. The molecule has 0 aliphatic rings. The summed E-state index contributed by atoms with van der Waals surface area (Å²) >= 11 is 0. The molecule has 2 aromatic rings. The second-order valence-corrected chi connectivity index (χ2v) is 4.77. The maximum atomic E-state index is 6.26. The lowest BCUT2D eigenvalue weighted by atomic mass is 10.0. The summed E-state index contributed by atoms with van der Waals surface area (Å²) in [6.07, 6.45) is -0.185. The van der Waals surface area contributed by atoms with E-state index in [-0.39, 0.29) is 12.1 Å². The molecule has 0 aliphatic carbocycles. The van der Waals surface area contributed by atoms with Crippen LogP contribution in [0.4, 0.5) is 0 Å². The summed E-state index contributed by atoms with van der Waals surface area (Å²) in [5.74, 6) is 2.20. The van der Waals surface area contributed by atoms with Gasteiger partial charge < -0.3 is 19.9 Å². The lowest BCUT2D eigenvalue weighted by Gasteiger charge is -2.23. The Morgan fingerprint density at radius 2 is 1.48 bits per heavy atom. The van der Waals surface area contributed by atoms with Crippen LogP contribution < -0.4 is 19.9 Å². The molecule has 2 unspecified atom stereocenters. The largest absolute Gasteiger partial charge is 0.497 e. The van der Waals surface area contributed by atoms with Gasteiger partial charge in [-0.05, 0) is 36.8 Å². The summed E-state index contributed by atoms with van der Waals surface area (Å²) in [7, 11) is 3.26. The molecule has 0 heterocycles. The number of hydrogen-bond donors (Lipinski definition) is 1. The van der Waals surface area contributed by atoms with Gasteiger partial charge in [0, 0.05) is 0 Å². The Kier molecular flexibility index (Phi) is 5.06. The van der Waals surface area contributed by atoms with Gasteiger partial charge in [0.15, 0.2) is 11.5 Å². The first-order chi connectivity index (χ1) is 10.2. The maximum Gasteiger partial charge on any atom is 0.161 e. The molecule has 0 amide bonds. The highest BCUT2D eigenvalue weighted by Gasteiger charge is 2.18. The average molecular weight is 287 g/mol. The van der Waals surface area contributed by atoms with Gasteiger partial charge in [-0.3, -0.25) is 0 Å². The standard InChI is InChI=1S/C17H21NO3/c1-12(21-16-7-5-4-6-15(16)20-3)17(18)13-8-10-14(19-2)11-9-13/h4-12,17H,18H2,1-3H3. The van der Waals surface area contributed by atoms with Crippen LogP contribution in [-0.4, -0.2) is 20.3 Å². The highest BCUT2D eigenvalue weighted by molar-refractivity contribution is 5.39. The third-order valence-electron chi connectivity index (χ3n) is 3.39. The van der Waals surface area contributed by atoms with Crippen molar-refractivity contribution in [3.05, 3.63) is 54.1 Å². The van der Waals surface area contributed by atoms with Gasteiger partial charge in [-0.15, -0.1) is 0 Å². The van der Waals surface area contributed by atoms with E-state index in [1.165, 1.54) is 0 Å². The van der Waals surface area contributed by atoms with Crippen LogP contribution in [-0.2, 0) is 0 Å². The van der Waals surface area contributed by atoms with Crippen LogP contribution >= 0.6 is 0 Å². The van der Waals surface area contributed by atoms with E-state index in [0.29, 0.717) is 11.5 Å². The molecule has 0 saturated carbocycles. The fraction of sp³-hybridized carbons (Fsp3) is 0.294. The van der Waals surface area contributed by atoms with Gasteiger partial charge in [-0.1, -0.05) is 24.3 Å². The van der Waals surface area contributed by atoms with Crippen molar-refractivity contribution in [1.82, 2.24) is 0 Å². The van der Waals surface area contributed by atoms with Crippen molar-refractivity contribution in [2.45, 2.75) is 19.1 Å². The van der Waals surface area contributed by atoms with Crippen molar-refractivity contribution in [3.8, 4) is 17.2 Å². The van der Waals surface area contributed by atoms with Gasteiger partial charge >= 0.3 is 0 Å². The number of methoxy groups -OCH3 is 2. The van der Waals surface area contributed by atoms with Crippen LogP contribution in [0.2, 0.25) is 0 Å². The van der Waals surface area contributed by atoms with E-state index in [0.717, 1.165) is 11.3 Å². The van der Waals surface area contributed by atoms with Crippen LogP contribution in [0.5, 0.6) is 17.2 Å². The van der Waals surface area contributed by atoms with Crippen LogP contribution in [0, 0.1) is 0 Å². The second-order valence-electron chi connectivity index (χ2n) is 4.77. The fourth-order valence-corrected chi connectivity index (χ4v) is 2.09. The lowest BCUT2D eigenvalue weighted by Crippen LogP contribution is -2.28. The van der Waals surface area contributed by atoms with E-state index in [9.17, 15) is 0 Å². The summed E-state index contributed by atoms with van der Waals surface area (Å²) < 4.78 is 16.4. The van der Waals surface area contributed by atoms with Crippen molar-refractivity contribution >= 4 is 0 Å². The highest BCUT2D eigenvalue weighted by atomic mass is 16.5. The Bertz CT molecular complexity index is 569. The number of para-hydroxylation sites is 2. The van der Waals surface area contributed by atoms with Gasteiger partial charge in [-0.2, -0.15) is 0 Å². The van der Waals surface area contributed by atoms with Gasteiger partial charge in [0.1, 0.15) is 11.9 Å². The molecule has 112 valence electrons. The van der Waals surface area contributed by atoms with Gasteiger partial charge in [0.25, 0.3) is 0 Å². The van der Waals surface area contributed by atoms with Crippen LogP contribution in [0.1, 0.15) is 18.5 Å².